The van der Waals surface area contributed by atoms with Crippen molar-refractivity contribution in [3.63, 3.8) is 0 Å². The Balaban J connectivity index is 0.00000163. The van der Waals surface area contributed by atoms with Crippen LogP contribution in [0.1, 0.15) is 102 Å². The smallest absolute Gasteiger partial charge is 0.222 e. The summed E-state index contributed by atoms with van der Waals surface area (Å²) in [7, 11) is 0. The van der Waals surface area contributed by atoms with Crippen LogP contribution in [0.5, 0.6) is 0 Å². The molecule has 0 atom stereocenters. The Kier molecular flexibility index (Phi) is 16.1. The number of benzene rings is 3. The lowest BCUT2D eigenvalue weighted by Crippen LogP contribution is -2.12. The third-order valence-corrected chi connectivity index (χ3v) is 8.90. The van der Waals surface area contributed by atoms with Crippen molar-refractivity contribution in [2.24, 2.45) is 0 Å². The third kappa shape index (κ3) is 8.74. The van der Waals surface area contributed by atoms with Gasteiger partial charge in [0.2, 0.25) is 11.4 Å². The van der Waals surface area contributed by atoms with Gasteiger partial charge in [-0.15, -0.1) is 0 Å². The summed E-state index contributed by atoms with van der Waals surface area (Å²) in [6, 6.07) is 20.0. The van der Waals surface area contributed by atoms with Crippen molar-refractivity contribution in [1.29, 1.82) is 5.41 Å². The number of allylic oxidation sites excluding steroid dienone is 14. The van der Waals surface area contributed by atoms with Gasteiger partial charge >= 0.3 is 0 Å². The molecule has 1 N–H and O–H groups in total. The minimum Gasteiger partial charge on any atom is -0.308 e. The molecule has 258 valence electrons. The highest BCUT2D eigenvalue weighted by molar-refractivity contribution is 6.08. The van der Waals surface area contributed by atoms with Gasteiger partial charge in [-0.25, -0.2) is 0 Å². The van der Waals surface area contributed by atoms with Gasteiger partial charge in [-0.1, -0.05) is 151 Å². The molecule has 0 unspecified atom stereocenters. The van der Waals surface area contributed by atoms with Gasteiger partial charge in [0.1, 0.15) is 0 Å². The summed E-state index contributed by atoms with van der Waals surface area (Å²) in [6.07, 6.45) is 30.4. The van der Waals surface area contributed by atoms with Crippen LogP contribution in [0.25, 0.3) is 33.7 Å². The predicted octanol–water partition coefficient (Wildman–Crippen LogP) is 13.7. The predicted molar refractivity (Wildman–Crippen MR) is 225 cm³/mol. The van der Waals surface area contributed by atoms with Crippen molar-refractivity contribution in [3.8, 4) is 0 Å². The number of nitrogens with one attached hydrogen (secondary N) is 1. The first-order chi connectivity index (χ1) is 24.6. The monoisotopic (exact) mass is 661 g/mol. The topological polar surface area (TPSA) is 26.9 Å². The maximum Gasteiger partial charge on any atom is 0.222 e. The molecule has 0 amide bonds. The minimum atomic E-state index is 0.921. The van der Waals surface area contributed by atoms with E-state index in [1.807, 2.05) is 59.8 Å². The normalized spacial score (nSPS) is 15.6. The number of hydrogen-bond donors (Lipinski definition) is 1. The van der Waals surface area contributed by atoms with E-state index in [1.54, 1.807) is 6.08 Å². The van der Waals surface area contributed by atoms with E-state index in [2.05, 4.69) is 128 Å². The Morgan fingerprint density at radius 2 is 1.58 bits per heavy atom. The molecule has 5 rings (SSSR count). The molecule has 2 aliphatic rings. The van der Waals surface area contributed by atoms with Gasteiger partial charge in [-0.3, -0.25) is 0 Å². The zero-order valence-electron chi connectivity index (χ0n) is 31.7. The molecule has 0 radical (unpaired) electrons. The zero-order chi connectivity index (χ0) is 36.5. The summed E-state index contributed by atoms with van der Waals surface area (Å²) >= 11 is 0. The molecule has 0 aromatic heterocycles. The van der Waals surface area contributed by atoms with Crippen molar-refractivity contribution in [1.82, 2.24) is 0 Å². The second kappa shape index (κ2) is 20.4. The molecule has 3 aromatic carbocycles. The maximum atomic E-state index is 7.89. The van der Waals surface area contributed by atoms with E-state index < -0.39 is 0 Å². The average molecular weight is 662 g/mol. The zero-order valence-corrected chi connectivity index (χ0v) is 31.7. The molecule has 1 heterocycles. The molecule has 3 aromatic rings. The van der Waals surface area contributed by atoms with Crippen molar-refractivity contribution < 1.29 is 4.58 Å². The van der Waals surface area contributed by atoms with Gasteiger partial charge < -0.3 is 5.41 Å². The first-order valence-corrected chi connectivity index (χ1v) is 18.5. The van der Waals surface area contributed by atoms with Gasteiger partial charge in [-0.2, -0.15) is 4.58 Å². The molecule has 0 bridgehead atoms. The van der Waals surface area contributed by atoms with Crippen LogP contribution in [0.3, 0.4) is 0 Å². The molecule has 2 heteroatoms. The Morgan fingerprint density at radius 3 is 2.24 bits per heavy atom. The number of hydrogen-bond acceptors (Lipinski definition) is 1. The second-order valence-electron chi connectivity index (χ2n) is 11.5. The largest absolute Gasteiger partial charge is 0.308 e. The Hall–Kier alpha value is -5.08. The lowest BCUT2D eigenvalue weighted by molar-refractivity contribution is -0.358. The quantitative estimate of drug-likeness (QED) is 0.120. The summed E-state index contributed by atoms with van der Waals surface area (Å²) in [6.45, 7) is 20.4. The van der Waals surface area contributed by atoms with Gasteiger partial charge in [0.25, 0.3) is 0 Å². The number of aryl methyl sites for hydroxylation is 1. The van der Waals surface area contributed by atoms with Crippen molar-refractivity contribution in [2.45, 2.75) is 81.1 Å². The summed E-state index contributed by atoms with van der Waals surface area (Å²) in [5.41, 5.74) is 14.0. The van der Waals surface area contributed by atoms with Crippen LogP contribution in [0, 0.1) is 5.41 Å². The fourth-order valence-corrected chi connectivity index (χ4v) is 6.68. The summed E-state index contributed by atoms with van der Waals surface area (Å²) < 4.78 is 2.43. The van der Waals surface area contributed by atoms with Crippen LogP contribution in [0.2, 0.25) is 0 Å². The molecule has 0 spiro atoms. The van der Waals surface area contributed by atoms with E-state index in [0.717, 1.165) is 36.8 Å². The average Bonchev–Trinajstić information content (AvgIpc) is 3.48. The van der Waals surface area contributed by atoms with Crippen molar-refractivity contribution in [2.75, 3.05) is 0 Å². The van der Waals surface area contributed by atoms with Gasteiger partial charge in [0.05, 0.1) is 5.56 Å². The van der Waals surface area contributed by atoms with Crippen LogP contribution in [0.4, 0.5) is 0 Å². The SMILES string of the molecule is C=C/C=C\C=Cc1ccc(/C(=C/C2=C(CC)C3=C(c4ccc(/C(C=N)=C/C)cc4CC3)[N+]2=C/C=C\C=C/C)CC)c2ccccc12.CC.CC. The minimum absolute atomic E-state index is 0.921. The lowest BCUT2D eigenvalue weighted by atomic mass is 9.85. The standard InChI is InChI=1S/C44H45N2.2C2H6/c1-6-11-13-15-19-34-22-25-39(41-21-17-16-20-38(34)41)32(8-3)30-43-37(10-5)42-27-24-36-29-35(33(9-4)31-45)23-26-40(36)44(42)46(43)28-18-14-12-7-2;2*1-2/h6-7,9,11-23,25-26,28-31,45H,1,8,10,24,27H2,2-5H3;2*1-2H3/q+1;;/b12-7-,13-11-,18-14-,19-15?,32-30+,33-9+,45-31?,46-28?;;. The van der Waals surface area contributed by atoms with Crippen LogP contribution in [-0.4, -0.2) is 17.0 Å². The molecule has 0 saturated heterocycles. The lowest BCUT2D eigenvalue weighted by Gasteiger charge is -2.17. The van der Waals surface area contributed by atoms with Gasteiger partial charge in [-0.05, 0) is 89.8 Å². The van der Waals surface area contributed by atoms with E-state index in [4.69, 9.17) is 5.41 Å². The second-order valence-corrected chi connectivity index (χ2v) is 11.5. The van der Waals surface area contributed by atoms with Crippen molar-refractivity contribution >= 4 is 46.1 Å². The molecular formula is C48H57N2+. The molecule has 50 heavy (non-hydrogen) atoms. The molecular weight excluding hydrogens is 605 g/mol. The first kappa shape index (κ1) is 39.4. The highest BCUT2D eigenvalue weighted by atomic mass is 15.0. The maximum absolute atomic E-state index is 7.89. The fraction of sp³-hybridized carbons (Fsp3) is 0.250. The summed E-state index contributed by atoms with van der Waals surface area (Å²) in [5.74, 6) is 0. The van der Waals surface area contributed by atoms with Crippen molar-refractivity contribution in [3.05, 3.63) is 167 Å². The fourth-order valence-electron chi connectivity index (χ4n) is 6.68. The number of nitrogens with zero attached hydrogens (tertiary/aromatic N) is 1. The van der Waals surface area contributed by atoms with E-state index in [1.165, 1.54) is 67.4 Å². The molecule has 0 saturated carbocycles. The van der Waals surface area contributed by atoms with Crippen LogP contribution >= 0.6 is 0 Å². The Morgan fingerprint density at radius 1 is 0.840 bits per heavy atom. The molecule has 2 nitrogen and oxygen atoms in total. The van der Waals surface area contributed by atoms with Gasteiger partial charge in [0.15, 0.2) is 6.21 Å². The van der Waals surface area contributed by atoms with E-state index in [-0.39, 0.29) is 0 Å². The van der Waals surface area contributed by atoms with E-state index >= 15 is 0 Å². The molecule has 0 fully saturated rings. The van der Waals surface area contributed by atoms with Crippen LogP contribution in [0.15, 0.2) is 139 Å². The highest BCUT2D eigenvalue weighted by Gasteiger charge is 2.39. The summed E-state index contributed by atoms with van der Waals surface area (Å²) in [5, 5.41) is 10.4. The van der Waals surface area contributed by atoms with Crippen LogP contribution in [-0.2, 0) is 6.42 Å². The number of rotatable bonds is 11. The van der Waals surface area contributed by atoms with E-state index in [9.17, 15) is 0 Å². The third-order valence-electron chi connectivity index (χ3n) is 8.90. The first-order valence-electron chi connectivity index (χ1n) is 18.5. The Bertz CT molecular complexity index is 1940. The molecule has 1 aliphatic heterocycles. The van der Waals surface area contributed by atoms with Crippen LogP contribution < -0.4 is 0 Å². The summed E-state index contributed by atoms with van der Waals surface area (Å²) in [4.78, 5) is 0. The van der Waals surface area contributed by atoms with Gasteiger partial charge in [0, 0.05) is 29.5 Å². The molecule has 1 aliphatic carbocycles. The van der Waals surface area contributed by atoms with E-state index in [0.29, 0.717) is 0 Å². The Labute approximate surface area is 302 Å². The highest BCUT2D eigenvalue weighted by Crippen LogP contribution is 2.45. The number of fused-ring (bicyclic) bond motifs is 3.